The number of carbonyl (C=O) groups is 1. The standard InChI is InChI=1S/C16H20FN3O/c1-4-6-13-15(18-16(21)10(2)3)14(20-19-13)11-7-5-8-12(17)9-11/h5,7-10H,4,6H2,1-3H3,(H,18,21)(H,19,20). The van der Waals surface area contributed by atoms with Crippen LogP contribution in [-0.4, -0.2) is 16.1 Å². The van der Waals surface area contributed by atoms with Gasteiger partial charge in [0.25, 0.3) is 0 Å². The van der Waals surface area contributed by atoms with Crippen molar-refractivity contribution in [3.8, 4) is 11.3 Å². The molecule has 0 aliphatic heterocycles. The number of rotatable bonds is 5. The number of anilines is 1. The molecule has 112 valence electrons. The maximum Gasteiger partial charge on any atom is 0.227 e. The summed E-state index contributed by atoms with van der Waals surface area (Å²) in [5, 5.41) is 10.1. The summed E-state index contributed by atoms with van der Waals surface area (Å²) < 4.78 is 13.4. The number of aryl methyl sites for hydroxylation is 1. The Labute approximate surface area is 123 Å². The second-order valence-electron chi connectivity index (χ2n) is 5.33. The molecule has 1 heterocycles. The van der Waals surface area contributed by atoms with Crippen molar-refractivity contribution in [2.45, 2.75) is 33.6 Å². The number of nitrogens with one attached hydrogen (secondary N) is 2. The third-order valence-electron chi connectivity index (χ3n) is 3.21. The van der Waals surface area contributed by atoms with E-state index in [1.54, 1.807) is 12.1 Å². The number of hydrogen-bond acceptors (Lipinski definition) is 2. The van der Waals surface area contributed by atoms with E-state index in [4.69, 9.17) is 0 Å². The number of H-pyrrole nitrogens is 1. The van der Waals surface area contributed by atoms with Crippen LogP contribution in [0.2, 0.25) is 0 Å². The molecule has 0 atom stereocenters. The third-order valence-corrected chi connectivity index (χ3v) is 3.21. The Morgan fingerprint density at radius 3 is 2.81 bits per heavy atom. The normalized spacial score (nSPS) is 10.9. The first-order valence-corrected chi connectivity index (χ1v) is 7.17. The van der Waals surface area contributed by atoms with Crippen LogP contribution in [-0.2, 0) is 11.2 Å². The van der Waals surface area contributed by atoms with Crippen molar-refractivity contribution in [3.05, 3.63) is 35.8 Å². The second kappa shape index (κ2) is 6.52. The monoisotopic (exact) mass is 289 g/mol. The van der Waals surface area contributed by atoms with Crippen molar-refractivity contribution in [3.63, 3.8) is 0 Å². The van der Waals surface area contributed by atoms with Crippen LogP contribution in [0.15, 0.2) is 24.3 Å². The molecule has 2 rings (SSSR count). The highest BCUT2D eigenvalue weighted by molar-refractivity contribution is 5.96. The molecule has 4 nitrogen and oxygen atoms in total. The van der Waals surface area contributed by atoms with Crippen LogP contribution in [0.1, 0.15) is 32.9 Å². The molecule has 0 bridgehead atoms. The molecule has 0 fully saturated rings. The SMILES string of the molecule is CCCc1[nH]nc(-c2cccc(F)c2)c1NC(=O)C(C)C. The lowest BCUT2D eigenvalue weighted by molar-refractivity contribution is -0.118. The molecule has 21 heavy (non-hydrogen) atoms. The number of nitrogens with zero attached hydrogens (tertiary/aromatic N) is 1. The fourth-order valence-corrected chi connectivity index (χ4v) is 2.06. The molecule has 5 heteroatoms. The lowest BCUT2D eigenvalue weighted by atomic mass is 10.1. The average Bonchev–Trinajstić information content (AvgIpc) is 2.82. The summed E-state index contributed by atoms with van der Waals surface area (Å²) in [5.74, 6) is -0.533. The minimum Gasteiger partial charge on any atom is -0.322 e. The Balaban J connectivity index is 2.43. The number of benzene rings is 1. The maximum absolute atomic E-state index is 13.4. The fraction of sp³-hybridized carbons (Fsp3) is 0.375. The Morgan fingerprint density at radius 1 is 1.43 bits per heavy atom. The molecule has 2 N–H and O–H groups in total. The van der Waals surface area contributed by atoms with Gasteiger partial charge in [0.1, 0.15) is 11.5 Å². The third kappa shape index (κ3) is 3.48. The lowest BCUT2D eigenvalue weighted by Crippen LogP contribution is -2.18. The minimum absolute atomic E-state index is 0.0774. The molecule has 0 spiro atoms. The summed E-state index contributed by atoms with van der Waals surface area (Å²) >= 11 is 0. The van der Waals surface area contributed by atoms with Crippen LogP contribution in [0.25, 0.3) is 11.3 Å². The van der Waals surface area contributed by atoms with Crippen molar-refractivity contribution in [2.75, 3.05) is 5.32 Å². The van der Waals surface area contributed by atoms with Gasteiger partial charge in [0.2, 0.25) is 5.91 Å². The smallest absolute Gasteiger partial charge is 0.227 e. The van der Waals surface area contributed by atoms with Crippen LogP contribution in [0.5, 0.6) is 0 Å². The van der Waals surface area contributed by atoms with Crippen LogP contribution in [0.4, 0.5) is 10.1 Å². The molecule has 0 unspecified atom stereocenters. The number of aromatic amines is 1. The van der Waals surface area contributed by atoms with E-state index in [0.717, 1.165) is 18.5 Å². The van der Waals surface area contributed by atoms with Crippen LogP contribution in [0, 0.1) is 11.7 Å². The molecule has 0 radical (unpaired) electrons. The van der Waals surface area contributed by atoms with Gasteiger partial charge in [-0.05, 0) is 18.6 Å². The molecule has 1 aromatic heterocycles. The van der Waals surface area contributed by atoms with Gasteiger partial charge in [0.05, 0.1) is 11.4 Å². The number of hydrogen-bond donors (Lipinski definition) is 2. The molecule has 1 aromatic carbocycles. The van der Waals surface area contributed by atoms with Crippen molar-refractivity contribution in [1.82, 2.24) is 10.2 Å². The number of carbonyl (C=O) groups excluding carboxylic acids is 1. The van der Waals surface area contributed by atoms with Crippen molar-refractivity contribution in [1.29, 1.82) is 0 Å². The summed E-state index contributed by atoms with van der Waals surface area (Å²) in [5.41, 5.74) is 2.74. The summed E-state index contributed by atoms with van der Waals surface area (Å²) in [6.45, 7) is 5.71. The van der Waals surface area contributed by atoms with Crippen LogP contribution < -0.4 is 5.32 Å². The van der Waals surface area contributed by atoms with E-state index in [-0.39, 0.29) is 17.6 Å². The number of halogens is 1. The van der Waals surface area contributed by atoms with Crippen molar-refractivity contribution < 1.29 is 9.18 Å². The van der Waals surface area contributed by atoms with Gasteiger partial charge < -0.3 is 5.32 Å². The van der Waals surface area contributed by atoms with E-state index in [1.165, 1.54) is 12.1 Å². The molecule has 1 amide bonds. The Hall–Kier alpha value is -2.17. The fourth-order valence-electron chi connectivity index (χ4n) is 2.06. The zero-order chi connectivity index (χ0) is 15.4. The van der Waals surface area contributed by atoms with Gasteiger partial charge in [0, 0.05) is 11.5 Å². The minimum atomic E-state index is -0.325. The van der Waals surface area contributed by atoms with Crippen LogP contribution >= 0.6 is 0 Å². The molecule has 0 saturated heterocycles. The Bertz CT molecular complexity index is 634. The topological polar surface area (TPSA) is 57.8 Å². The van der Waals surface area contributed by atoms with E-state index in [1.807, 2.05) is 13.8 Å². The van der Waals surface area contributed by atoms with Gasteiger partial charge in [-0.15, -0.1) is 0 Å². The first-order valence-electron chi connectivity index (χ1n) is 7.17. The van der Waals surface area contributed by atoms with E-state index in [0.29, 0.717) is 16.9 Å². The van der Waals surface area contributed by atoms with Crippen molar-refractivity contribution in [2.24, 2.45) is 5.92 Å². The van der Waals surface area contributed by atoms with Crippen molar-refractivity contribution >= 4 is 11.6 Å². The predicted molar refractivity (Wildman–Crippen MR) is 81.4 cm³/mol. The zero-order valence-corrected chi connectivity index (χ0v) is 12.5. The van der Waals surface area contributed by atoms with Gasteiger partial charge in [-0.2, -0.15) is 5.10 Å². The van der Waals surface area contributed by atoms with E-state index in [2.05, 4.69) is 22.4 Å². The molecular formula is C16H20FN3O. The number of amides is 1. The quantitative estimate of drug-likeness (QED) is 0.880. The Morgan fingerprint density at radius 2 is 2.19 bits per heavy atom. The second-order valence-corrected chi connectivity index (χ2v) is 5.33. The highest BCUT2D eigenvalue weighted by Crippen LogP contribution is 2.30. The molecule has 0 aliphatic carbocycles. The summed E-state index contributed by atoms with van der Waals surface area (Å²) in [7, 11) is 0. The van der Waals surface area contributed by atoms with Gasteiger partial charge in [0.15, 0.2) is 0 Å². The van der Waals surface area contributed by atoms with E-state index < -0.39 is 0 Å². The van der Waals surface area contributed by atoms with E-state index in [9.17, 15) is 9.18 Å². The highest BCUT2D eigenvalue weighted by atomic mass is 19.1. The maximum atomic E-state index is 13.4. The molecule has 2 aromatic rings. The number of aromatic nitrogens is 2. The van der Waals surface area contributed by atoms with Gasteiger partial charge in [-0.3, -0.25) is 9.89 Å². The van der Waals surface area contributed by atoms with Crippen LogP contribution in [0.3, 0.4) is 0 Å². The predicted octanol–water partition coefficient (Wildman–Crippen LogP) is 3.76. The molecular weight excluding hydrogens is 269 g/mol. The summed E-state index contributed by atoms with van der Waals surface area (Å²) in [4.78, 5) is 12.0. The lowest BCUT2D eigenvalue weighted by Gasteiger charge is -2.10. The summed E-state index contributed by atoms with van der Waals surface area (Å²) in [6, 6.07) is 6.21. The average molecular weight is 289 g/mol. The first-order chi connectivity index (χ1) is 10.0. The molecule has 0 aliphatic rings. The molecule has 0 saturated carbocycles. The van der Waals surface area contributed by atoms with E-state index >= 15 is 0 Å². The largest absolute Gasteiger partial charge is 0.322 e. The summed E-state index contributed by atoms with van der Waals surface area (Å²) in [6.07, 6.45) is 1.70. The Kier molecular flexibility index (Phi) is 4.73. The zero-order valence-electron chi connectivity index (χ0n) is 12.5. The first kappa shape index (κ1) is 15.2. The van der Waals surface area contributed by atoms with Gasteiger partial charge in [-0.25, -0.2) is 4.39 Å². The highest BCUT2D eigenvalue weighted by Gasteiger charge is 2.18. The van der Waals surface area contributed by atoms with Gasteiger partial charge in [-0.1, -0.05) is 39.3 Å². The van der Waals surface area contributed by atoms with Gasteiger partial charge >= 0.3 is 0 Å².